The summed E-state index contributed by atoms with van der Waals surface area (Å²) in [6, 6.07) is 7.10. The van der Waals surface area contributed by atoms with Crippen LogP contribution in [0.2, 0.25) is 0 Å². The molecule has 1 atom stereocenters. The van der Waals surface area contributed by atoms with Crippen LogP contribution in [0.1, 0.15) is 77.0 Å². The molecule has 1 heterocycles. The van der Waals surface area contributed by atoms with Crippen LogP contribution in [-0.4, -0.2) is 12.1 Å². The first-order valence-electron chi connectivity index (χ1n) is 8.61. The zero-order chi connectivity index (χ0) is 15.3. The van der Waals surface area contributed by atoms with E-state index in [4.69, 9.17) is 4.74 Å². The minimum Gasteiger partial charge on any atom is -0.487 e. The highest BCUT2D eigenvalue weighted by Crippen LogP contribution is 2.39. The number of hydrogen-bond donors (Lipinski definition) is 1. The Labute approximate surface area is 130 Å². The average molecular weight is 289 g/mol. The van der Waals surface area contributed by atoms with Gasteiger partial charge in [-0.15, -0.1) is 0 Å². The largest absolute Gasteiger partial charge is 0.487 e. The lowest BCUT2D eigenvalue weighted by Crippen LogP contribution is -2.39. The van der Waals surface area contributed by atoms with Crippen molar-refractivity contribution < 1.29 is 4.74 Å². The maximum Gasteiger partial charge on any atom is 0.124 e. The van der Waals surface area contributed by atoms with Crippen molar-refractivity contribution in [2.24, 2.45) is 0 Å². The first-order valence-corrected chi connectivity index (χ1v) is 8.61. The third-order valence-corrected chi connectivity index (χ3v) is 4.36. The molecular weight excluding hydrogens is 258 g/mol. The molecule has 1 N–H and O–H groups in total. The van der Waals surface area contributed by atoms with Gasteiger partial charge in [0.1, 0.15) is 11.4 Å². The molecule has 0 amide bonds. The van der Waals surface area contributed by atoms with Crippen molar-refractivity contribution in [1.82, 2.24) is 5.32 Å². The van der Waals surface area contributed by atoms with Crippen LogP contribution in [0.25, 0.3) is 0 Å². The Bertz CT molecular complexity index is 453. The minimum absolute atomic E-state index is 0.0815. The SMILES string of the molecule is CCCCCCNC1CC(C)(C)Oc2ccc(CC)cc21. The van der Waals surface area contributed by atoms with Crippen molar-refractivity contribution in [2.75, 3.05) is 6.54 Å². The van der Waals surface area contributed by atoms with Crippen molar-refractivity contribution in [3.05, 3.63) is 29.3 Å². The van der Waals surface area contributed by atoms with Gasteiger partial charge >= 0.3 is 0 Å². The fraction of sp³-hybridized carbons (Fsp3) is 0.684. The number of ether oxygens (including phenoxy) is 1. The average Bonchev–Trinajstić information content (AvgIpc) is 2.45. The van der Waals surface area contributed by atoms with Crippen molar-refractivity contribution in [1.29, 1.82) is 0 Å². The van der Waals surface area contributed by atoms with E-state index in [-0.39, 0.29) is 5.60 Å². The van der Waals surface area contributed by atoms with Gasteiger partial charge in [0.15, 0.2) is 0 Å². The third kappa shape index (κ3) is 4.47. The maximum atomic E-state index is 6.15. The molecule has 1 aromatic carbocycles. The molecule has 0 aliphatic carbocycles. The highest BCUT2D eigenvalue weighted by atomic mass is 16.5. The van der Waals surface area contributed by atoms with Crippen LogP contribution in [0.5, 0.6) is 5.75 Å². The first kappa shape index (κ1) is 16.4. The van der Waals surface area contributed by atoms with Gasteiger partial charge in [-0.3, -0.25) is 0 Å². The molecule has 2 rings (SSSR count). The fourth-order valence-electron chi connectivity index (χ4n) is 3.13. The summed E-state index contributed by atoms with van der Waals surface area (Å²) in [5.41, 5.74) is 2.67. The molecule has 2 nitrogen and oxygen atoms in total. The molecule has 0 radical (unpaired) electrons. The Morgan fingerprint density at radius 1 is 1.19 bits per heavy atom. The molecule has 0 saturated carbocycles. The van der Waals surface area contributed by atoms with Crippen LogP contribution in [0.4, 0.5) is 0 Å². The molecule has 1 unspecified atom stereocenters. The fourth-order valence-corrected chi connectivity index (χ4v) is 3.13. The van der Waals surface area contributed by atoms with E-state index in [0.717, 1.165) is 25.1 Å². The number of nitrogens with one attached hydrogen (secondary N) is 1. The first-order chi connectivity index (χ1) is 10.1. The Kier molecular flexibility index (Phi) is 5.69. The summed E-state index contributed by atoms with van der Waals surface area (Å²) in [6.45, 7) is 9.96. The smallest absolute Gasteiger partial charge is 0.124 e. The van der Waals surface area contributed by atoms with Gasteiger partial charge in [-0.25, -0.2) is 0 Å². The van der Waals surface area contributed by atoms with Crippen molar-refractivity contribution in [2.45, 2.75) is 77.9 Å². The second kappa shape index (κ2) is 7.31. The Morgan fingerprint density at radius 3 is 2.71 bits per heavy atom. The van der Waals surface area contributed by atoms with Crippen LogP contribution >= 0.6 is 0 Å². The third-order valence-electron chi connectivity index (χ3n) is 4.36. The van der Waals surface area contributed by atoms with E-state index >= 15 is 0 Å². The van der Waals surface area contributed by atoms with Crippen molar-refractivity contribution in [3.63, 3.8) is 0 Å². The lowest BCUT2D eigenvalue weighted by Gasteiger charge is -2.38. The predicted molar refractivity (Wildman–Crippen MR) is 90.0 cm³/mol. The molecule has 118 valence electrons. The molecule has 2 heteroatoms. The summed E-state index contributed by atoms with van der Waals surface area (Å²) in [7, 11) is 0. The number of fused-ring (bicyclic) bond motifs is 1. The topological polar surface area (TPSA) is 21.3 Å². The summed E-state index contributed by atoms with van der Waals surface area (Å²) >= 11 is 0. The van der Waals surface area contributed by atoms with Crippen molar-refractivity contribution >= 4 is 0 Å². The zero-order valence-electron chi connectivity index (χ0n) is 14.2. The summed E-state index contributed by atoms with van der Waals surface area (Å²) in [5, 5.41) is 3.76. The van der Waals surface area contributed by atoms with E-state index in [1.807, 2.05) is 0 Å². The van der Waals surface area contributed by atoms with Gasteiger partial charge in [0, 0.05) is 18.0 Å². The van der Waals surface area contributed by atoms with Crippen molar-refractivity contribution in [3.8, 4) is 5.75 Å². The van der Waals surface area contributed by atoms with Gasteiger partial charge < -0.3 is 10.1 Å². The minimum atomic E-state index is -0.0815. The highest BCUT2D eigenvalue weighted by molar-refractivity contribution is 5.41. The molecule has 0 bridgehead atoms. The summed E-state index contributed by atoms with van der Waals surface area (Å²) < 4.78 is 6.15. The standard InChI is InChI=1S/C19H31NO/c1-5-7-8-9-12-20-17-14-19(3,4)21-18-11-10-15(6-2)13-16(17)18/h10-11,13,17,20H,5-9,12,14H2,1-4H3. The summed E-state index contributed by atoms with van der Waals surface area (Å²) in [5.74, 6) is 1.06. The molecule has 1 aromatic rings. The number of benzene rings is 1. The van der Waals surface area contributed by atoms with Crippen LogP contribution in [0.3, 0.4) is 0 Å². The highest BCUT2D eigenvalue weighted by Gasteiger charge is 2.33. The molecule has 0 fully saturated rings. The normalized spacial score (nSPS) is 19.9. The lowest BCUT2D eigenvalue weighted by molar-refractivity contribution is 0.0660. The van der Waals surface area contributed by atoms with Gasteiger partial charge in [-0.2, -0.15) is 0 Å². The quantitative estimate of drug-likeness (QED) is 0.711. The van der Waals surface area contributed by atoms with Gasteiger partial charge in [0.25, 0.3) is 0 Å². The lowest BCUT2D eigenvalue weighted by atomic mass is 9.88. The zero-order valence-corrected chi connectivity index (χ0v) is 14.2. The molecule has 0 aromatic heterocycles. The van der Waals surface area contributed by atoms with E-state index in [0.29, 0.717) is 6.04 Å². The predicted octanol–water partition coefficient (Wildman–Crippen LogP) is 5.02. The molecule has 0 spiro atoms. The van der Waals surface area contributed by atoms with E-state index < -0.39 is 0 Å². The number of rotatable bonds is 7. The van der Waals surface area contributed by atoms with Gasteiger partial charge in [0.05, 0.1) is 0 Å². The molecule has 21 heavy (non-hydrogen) atoms. The van der Waals surface area contributed by atoms with Crippen LogP contribution in [0, 0.1) is 0 Å². The molecular formula is C19H31NO. The monoisotopic (exact) mass is 289 g/mol. The van der Waals surface area contributed by atoms with Gasteiger partial charge in [0.2, 0.25) is 0 Å². The Morgan fingerprint density at radius 2 is 2.00 bits per heavy atom. The van der Waals surface area contributed by atoms with Gasteiger partial charge in [-0.05, 0) is 44.9 Å². The Balaban J connectivity index is 2.06. The van der Waals surface area contributed by atoms with E-state index in [2.05, 4.69) is 51.2 Å². The summed E-state index contributed by atoms with van der Waals surface area (Å²) in [6.07, 6.45) is 7.37. The van der Waals surface area contributed by atoms with Crippen LogP contribution in [0.15, 0.2) is 18.2 Å². The summed E-state index contributed by atoms with van der Waals surface area (Å²) in [4.78, 5) is 0. The van der Waals surface area contributed by atoms with Crippen LogP contribution in [-0.2, 0) is 6.42 Å². The number of unbranched alkanes of at least 4 members (excludes halogenated alkanes) is 3. The second-order valence-electron chi connectivity index (χ2n) is 6.86. The number of hydrogen-bond acceptors (Lipinski definition) is 2. The Hall–Kier alpha value is -1.02. The van der Waals surface area contributed by atoms with E-state index in [1.54, 1.807) is 0 Å². The van der Waals surface area contributed by atoms with Crippen LogP contribution < -0.4 is 10.1 Å². The van der Waals surface area contributed by atoms with E-state index in [1.165, 1.54) is 36.8 Å². The molecule has 1 aliphatic rings. The second-order valence-corrected chi connectivity index (χ2v) is 6.86. The van der Waals surface area contributed by atoms with E-state index in [9.17, 15) is 0 Å². The maximum absolute atomic E-state index is 6.15. The molecule has 1 aliphatic heterocycles. The molecule has 0 saturated heterocycles. The van der Waals surface area contributed by atoms with Gasteiger partial charge in [-0.1, -0.05) is 45.2 Å². The number of aryl methyl sites for hydroxylation is 1.